The third kappa shape index (κ3) is 3.54. The molecule has 0 amide bonds. The Hall–Kier alpha value is -3.53. The molecule has 3 aliphatic heterocycles. The van der Waals surface area contributed by atoms with Crippen LogP contribution < -0.4 is 39.5 Å². The fraction of sp³-hybridized carbons (Fsp3) is 0.480. The maximum absolute atomic E-state index is 13.2. The van der Waals surface area contributed by atoms with E-state index in [0.717, 1.165) is 17.5 Å². The molecular weight excluding hydrogens is 456 g/mol. The van der Waals surface area contributed by atoms with Crippen LogP contribution in [0.15, 0.2) is 6.07 Å². The first kappa shape index (κ1) is 23.2. The van der Waals surface area contributed by atoms with E-state index < -0.39 is 18.1 Å². The predicted molar refractivity (Wildman–Crippen MR) is 126 cm³/mol. The quantitative estimate of drug-likeness (QED) is 0.425. The molecule has 3 aliphatic rings. The van der Waals surface area contributed by atoms with E-state index in [1.54, 1.807) is 7.11 Å². The number of cyclic esters (lactones) is 1. The monoisotopic (exact) mass is 486 g/mol. The Balaban J connectivity index is 1.72. The number of ether oxygens (including phenoxy) is 7. The fourth-order valence-electron chi connectivity index (χ4n) is 5.08. The average molecular weight is 487 g/mol. The smallest absolute Gasteiger partial charge is 0.341 e. The molecule has 0 unspecified atom stereocenters. The normalized spacial score (nSPS) is 19.6. The van der Waals surface area contributed by atoms with Crippen LogP contribution in [0.3, 0.4) is 0 Å². The van der Waals surface area contributed by atoms with Gasteiger partial charge in [-0.05, 0) is 45.4 Å². The molecule has 0 aliphatic carbocycles. The van der Waals surface area contributed by atoms with Gasteiger partial charge in [0.05, 0.1) is 49.8 Å². The summed E-state index contributed by atoms with van der Waals surface area (Å²) < 4.78 is 40.9. The molecule has 10 nitrogen and oxygen atoms in total. The molecule has 10 heteroatoms. The average Bonchev–Trinajstić information content (AvgIpc) is 3.46. The van der Waals surface area contributed by atoms with Crippen LogP contribution in [0.5, 0.6) is 34.5 Å². The molecule has 0 radical (unpaired) electrons. The number of benzene rings is 2. The highest BCUT2D eigenvalue weighted by atomic mass is 16.7. The largest absolute Gasteiger partial charge is 0.492 e. The fourth-order valence-corrected chi connectivity index (χ4v) is 5.08. The Bertz CT molecular complexity index is 1170. The van der Waals surface area contributed by atoms with E-state index in [1.165, 1.54) is 0 Å². The predicted octanol–water partition coefficient (Wildman–Crippen LogP) is 3.30. The number of hydrogen-bond donors (Lipinski definition) is 2. The number of nitrogens with one attached hydrogen (secondary N) is 1. The van der Waals surface area contributed by atoms with Crippen molar-refractivity contribution in [3.8, 4) is 34.5 Å². The lowest BCUT2D eigenvalue weighted by Gasteiger charge is -2.33. The Morgan fingerprint density at radius 1 is 1.00 bits per heavy atom. The van der Waals surface area contributed by atoms with Gasteiger partial charge in [0.25, 0.3) is 0 Å². The molecule has 0 bridgehead atoms. The number of nitrogen functional groups attached to an aromatic ring is 1. The maximum atomic E-state index is 13.2. The summed E-state index contributed by atoms with van der Waals surface area (Å²) in [4.78, 5) is 13.2. The second kappa shape index (κ2) is 9.26. The minimum Gasteiger partial charge on any atom is -0.492 e. The van der Waals surface area contributed by atoms with Gasteiger partial charge in [-0.25, -0.2) is 4.79 Å². The van der Waals surface area contributed by atoms with Gasteiger partial charge in [0.15, 0.2) is 29.1 Å². The number of carbonyl (C=O) groups is 1. The lowest BCUT2D eigenvalue weighted by molar-refractivity contribution is 0.0279. The summed E-state index contributed by atoms with van der Waals surface area (Å²) in [6.07, 6.45) is 0.00450. The minimum absolute atomic E-state index is 0.122. The third-order valence-electron chi connectivity index (χ3n) is 6.35. The summed E-state index contributed by atoms with van der Waals surface area (Å²) in [5.41, 5.74) is 9.30. The van der Waals surface area contributed by atoms with Crippen molar-refractivity contribution in [3.63, 3.8) is 0 Å². The first-order valence-corrected chi connectivity index (χ1v) is 11.9. The molecule has 3 N–H and O–H groups in total. The van der Waals surface area contributed by atoms with Crippen molar-refractivity contribution in [2.45, 2.75) is 39.3 Å². The van der Waals surface area contributed by atoms with Gasteiger partial charge >= 0.3 is 5.97 Å². The molecular formula is C25H30N2O8. The molecule has 0 saturated carbocycles. The highest BCUT2D eigenvalue weighted by Gasteiger charge is 2.47. The molecule has 0 saturated heterocycles. The van der Waals surface area contributed by atoms with Crippen LogP contribution in [-0.2, 0) is 11.2 Å². The van der Waals surface area contributed by atoms with Crippen molar-refractivity contribution in [1.29, 1.82) is 0 Å². The van der Waals surface area contributed by atoms with Crippen LogP contribution in [-0.4, -0.2) is 46.2 Å². The van der Waals surface area contributed by atoms with Gasteiger partial charge in [0, 0.05) is 5.56 Å². The molecule has 188 valence electrons. The summed E-state index contributed by atoms with van der Waals surface area (Å²) in [6, 6.07) is 1.52. The van der Waals surface area contributed by atoms with Crippen LogP contribution in [0.25, 0.3) is 0 Å². The highest BCUT2D eigenvalue weighted by molar-refractivity contribution is 6.03. The van der Waals surface area contributed by atoms with E-state index in [-0.39, 0.29) is 23.8 Å². The Labute approximate surface area is 203 Å². The summed E-state index contributed by atoms with van der Waals surface area (Å²) in [6.45, 7) is 7.40. The molecule has 3 heterocycles. The first-order chi connectivity index (χ1) is 17.0. The van der Waals surface area contributed by atoms with E-state index in [1.807, 2.05) is 26.8 Å². The van der Waals surface area contributed by atoms with Crippen LogP contribution in [0.2, 0.25) is 0 Å². The highest BCUT2D eigenvalue weighted by Crippen LogP contribution is 2.58. The topological polar surface area (TPSA) is 120 Å². The van der Waals surface area contributed by atoms with Gasteiger partial charge in [-0.2, -0.15) is 0 Å². The number of carbonyl (C=O) groups excluding carboxylic acids is 1. The number of anilines is 1. The van der Waals surface area contributed by atoms with Crippen molar-refractivity contribution in [3.05, 3.63) is 28.3 Å². The molecule has 0 fully saturated rings. The Morgan fingerprint density at radius 3 is 2.43 bits per heavy atom. The minimum atomic E-state index is -0.746. The third-order valence-corrected chi connectivity index (χ3v) is 6.35. The molecule has 2 atom stereocenters. The van der Waals surface area contributed by atoms with Crippen molar-refractivity contribution < 1.29 is 38.0 Å². The van der Waals surface area contributed by atoms with Crippen molar-refractivity contribution in [1.82, 2.24) is 5.32 Å². The number of esters is 1. The summed E-state index contributed by atoms with van der Waals surface area (Å²) in [5.74, 6) is 2.24. The van der Waals surface area contributed by atoms with E-state index in [0.29, 0.717) is 60.7 Å². The number of fused-ring (bicyclic) bond motifs is 3. The van der Waals surface area contributed by atoms with Crippen molar-refractivity contribution >= 4 is 11.7 Å². The van der Waals surface area contributed by atoms with Gasteiger partial charge in [-0.1, -0.05) is 0 Å². The van der Waals surface area contributed by atoms with Crippen LogP contribution in [0.1, 0.15) is 60.0 Å². The lowest BCUT2D eigenvalue weighted by Crippen LogP contribution is -2.34. The van der Waals surface area contributed by atoms with Crippen molar-refractivity contribution in [2.24, 2.45) is 0 Å². The second-order valence-electron chi connectivity index (χ2n) is 8.21. The van der Waals surface area contributed by atoms with Gasteiger partial charge in [-0.15, -0.1) is 0 Å². The number of nitrogens with two attached hydrogens (primary N) is 1. The second-order valence-corrected chi connectivity index (χ2v) is 8.21. The van der Waals surface area contributed by atoms with Crippen molar-refractivity contribution in [2.75, 3.05) is 46.0 Å². The van der Waals surface area contributed by atoms with E-state index in [9.17, 15) is 4.79 Å². The van der Waals surface area contributed by atoms with Gasteiger partial charge in [0.1, 0.15) is 0 Å². The van der Waals surface area contributed by atoms with Crippen LogP contribution in [0.4, 0.5) is 5.69 Å². The molecule has 35 heavy (non-hydrogen) atoms. The zero-order valence-electron chi connectivity index (χ0n) is 20.3. The maximum Gasteiger partial charge on any atom is 0.341 e. The standard InChI is InChI=1S/C25H30N2O8/c1-5-30-22-16-15(17(26)23(31-6-2)24(22)32-7-3)25(28)35-20(16)18-14-12(8-9-27-18)10-13-19(21(14)29-4)34-11-33-13/h10,18,20,27H,5-9,11,26H2,1-4H3/t18-,20-/m1/s1. The summed E-state index contributed by atoms with van der Waals surface area (Å²) in [7, 11) is 1.59. The van der Waals surface area contributed by atoms with Gasteiger partial charge in [-0.3, -0.25) is 0 Å². The number of hydrogen-bond acceptors (Lipinski definition) is 10. The summed E-state index contributed by atoms with van der Waals surface area (Å²) >= 11 is 0. The number of methoxy groups -OCH3 is 1. The zero-order chi connectivity index (χ0) is 24.7. The first-order valence-electron chi connectivity index (χ1n) is 11.9. The van der Waals surface area contributed by atoms with E-state index in [2.05, 4.69) is 5.32 Å². The van der Waals surface area contributed by atoms with Crippen LogP contribution in [0, 0.1) is 0 Å². The van der Waals surface area contributed by atoms with E-state index >= 15 is 0 Å². The Kier molecular flexibility index (Phi) is 6.14. The SMILES string of the molecule is CCOc1c(N)c2c(c(OCC)c1OCC)[C@H]([C@@H]1NCCc3cc4c(c(OC)c31)OCO4)OC2=O. The number of rotatable bonds is 8. The van der Waals surface area contributed by atoms with Crippen LogP contribution >= 0.6 is 0 Å². The Morgan fingerprint density at radius 2 is 1.71 bits per heavy atom. The lowest BCUT2D eigenvalue weighted by atomic mass is 9.86. The zero-order valence-corrected chi connectivity index (χ0v) is 20.3. The molecule has 2 aromatic carbocycles. The molecule has 0 spiro atoms. The molecule has 0 aromatic heterocycles. The van der Waals surface area contributed by atoms with E-state index in [4.69, 9.17) is 38.9 Å². The van der Waals surface area contributed by atoms with Gasteiger partial charge in [0.2, 0.25) is 18.3 Å². The summed E-state index contributed by atoms with van der Waals surface area (Å²) in [5, 5.41) is 3.50. The molecule has 5 rings (SSSR count). The van der Waals surface area contributed by atoms with Gasteiger partial charge < -0.3 is 44.2 Å². The molecule has 2 aromatic rings.